The Balaban J connectivity index is 2.94. The minimum Gasteiger partial charge on any atom is -0.388 e. The van der Waals surface area contributed by atoms with E-state index in [4.69, 9.17) is 0 Å². The topological polar surface area (TPSA) is 70.1 Å². The van der Waals surface area contributed by atoms with Gasteiger partial charge in [-0.15, -0.1) is 0 Å². The van der Waals surface area contributed by atoms with Gasteiger partial charge in [-0.25, -0.2) is 9.97 Å². The molecule has 0 aromatic carbocycles. The van der Waals surface area contributed by atoms with Gasteiger partial charge in [-0.05, 0) is 26.2 Å². The summed E-state index contributed by atoms with van der Waals surface area (Å²) >= 11 is 0. The van der Waals surface area contributed by atoms with Gasteiger partial charge in [0.25, 0.3) is 0 Å². The van der Waals surface area contributed by atoms with Crippen molar-refractivity contribution in [3.05, 3.63) is 11.4 Å². The average molecular weight is 294 g/mol. The Morgan fingerprint density at radius 1 is 1.14 bits per heavy atom. The van der Waals surface area contributed by atoms with Crippen LogP contribution in [0.1, 0.15) is 58.3 Å². The first-order valence-corrected chi connectivity index (χ1v) is 7.69. The van der Waals surface area contributed by atoms with E-state index in [-0.39, 0.29) is 5.92 Å². The van der Waals surface area contributed by atoms with Gasteiger partial charge in [0.15, 0.2) is 0 Å². The maximum Gasteiger partial charge on any atom is 0.135 e. The van der Waals surface area contributed by atoms with E-state index in [1.54, 1.807) is 0 Å². The SMILES string of the molecule is CNc1nc(C(C)C)nc(NCC(C)(O)CC(C)C)c1C. The molecule has 5 heteroatoms. The predicted molar refractivity (Wildman–Crippen MR) is 89.0 cm³/mol. The number of hydrogen-bond acceptors (Lipinski definition) is 5. The Kier molecular flexibility index (Phi) is 5.96. The first kappa shape index (κ1) is 17.7. The van der Waals surface area contributed by atoms with E-state index in [1.807, 2.05) is 20.9 Å². The molecule has 1 aromatic rings. The average Bonchev–Trinajstić information content (AvgIpc) is 2.35. The molecule has 1 unspecified atom stereocenters. The summed E-state index contributed by atoms with van der Waals surface area (Å²) in [6.07, 6.45) is 0.750. The van der Waals surface area contributed by atoms with E-state index in [1.165, 1.54) is 0 Å². The number of hydrogen-bond donors (Lipinski definition) is 3. The zero-order valence-corrected chi connectivity index (χ0v) is 14.4. The predicted octanol–water partition coefficient (Wildman–Crippen LogP) is 3.16. The molecule has 0 saturated heterocycles. The van der Waals surface area contributed by atoms with Crippen LogP contribution in [-0.2, 0) is 0 Å². The smallest absolute Gasteiger partial charge is 0.135 e. The van der Waals surface area contributed by atoms with Crippen LogP contribution in [0.5, 0.6) is 0 Å². The molecule has 0 saturated carbocycles. The zero-order valence-electron chi connectivity index (χ0n) is 14.4. The number of aliphatic hydroxyl groups is 1. The van der Waals surface area contributed by atoms with Gasteiger partial charge in [-0.3, -0.25) is 0 Å². The van der Waals surface area contributed by atoms with Crippen molar-refractivity contribution in [3.63, 3.8) is 0 Å². The molecule has 0 bridgehead atoms. The Morgan fingerprint density at radius 3 is 2.19 bits per heavy atom. The van der Waals surface area contributed by atoms with Crippen molar-refractivity contribution in [2.24, 2.45) is 5.92 Å². The van der Waals surface area contributed by atoms with Gasteiger partial charge < -0.3 is 15.7 Å². The molecule has 0 aliphatic heterocycles. The van der Waals surface area contributed by atoms with E-state index >= 15 is 0 Å². The molecule has 120 valence electrons. The highest BCUT2D eigenvalue weighted by Crippen LogP contribution is 2.24. The van der Waals surface area contributed by atoms with Crippen LogP contribution < -0.4 is 10.6 Å². The minimum absolute atomic E-state index is 0.259. The monoisotopic (exact) mass is 294 g/mol. The summed E-state index contributed by atoms with van der Waals surface area (Å²) in [6.45, 7) is 12.7. The maximum atomic E-state index is 10.4. The first-order valence-electron chi connectivity index (χ1n) is 7.69. The molecule has 0 amide bonds. The molecule has 1 heterocycles. The van der Waals surface area contributed by atoms with Crippen molar-refractivity contribution in [2.75, 3.05) is 24.2 Å². The fraction of sp³-hybridized carbons (Fsp3) is 0.750. The lowest BCUT2D eigenvalue weighted by Crippen LogP contribution is -2.35. The highest BCUT2D eigenvalue weighted by Gasteiger charge is 2.22. The summed E-state index contributed by atoms with van der Waals surface area (Å²) in [6, 6.07) is 0. The molecule has 0 aliphatic rings. The standard InChI is InChI=1S/C16H30N4O/c1-10(2)8-16(6,21)9-18-15-12(5)14(17-7)19-13(20-15)11(3)4/h10-11,21H,8-9H2,1-7H3,(H2,17,18,19,20). The van der Waals surface area contributed by atoms with Gasteiger partial charge in [0.1, 0.15) is 17.5 Å². The van der Waals surface area contributed by atoms with E-state index in [0.717, 1.165) is 29.4 Å². The van der Waals surface area contributed by atoms with E-state index in [2.05, 4.69) is 48.3 Å². The highest BCUT2D eigenvalue weighted by atomic mass is 16.3. The molecule has 0 radical (unpaired) electrons. The Labute approximate surface area is 128 Å². The molecule has 1 rings (SSSR count). The van der Waals surface area contributed by atoms with Crippen LogP contribution in [0.2, 0.25) is 0 Å². The molecular formula is C16H30N4O. The van der Waals surface area contributed by atoms with Crippen molar-refractivity contribution in [2.45, 2.75) is 59.5 Å². The van der Waals surface area contributed by atoms with E-state index in [0.29, 0.717) is 12.5 Å². The third kappa shape index (κ3) is 5.16. The second kappa shape index (κ2) is 7.07. The molecule has 1 atom stereocenters. The third-order valence-electron chi connectivity index (χ3n) is 3.40. The Morgan fingerprint density at radius 2 is 1.71 bits per heavy atom. The molecule has 3 N–H and O–H groups in total. The van der Waals surface area contributed by atoms with Gasteiger partial charge in [-0.1, -0.05) is 27.7 Å². The number of aromatic nitrogens is 2. The number of nitrogens with zero attached hydrogens (tertiary/aromatic N) is 2. The zero-order chi connectivity index (χ0) is 16.2. The van der Waals surface area contributed by atoms with Gasteiger partial charge in [0.2, 0.25) is 0 Å². The molecule has 21 heavy (non-hydrogen) atoms. The molecular weight excluding hydrogens is 264 g/mol. The Bertz CT molecular complexity index is 470. The normalized spacial score (nSPS) is 14.4. The molecule has 0 spiro atoms. The molecule has 0 aliphatic carbocycles. The van der Waals surface area contributed by atoms with Crippen LogP contribution in [0.15, 0.2) is 0 Å². The van der Waals surface area contributed by atoms with Crippen LogP contribution in [-0.4, -0.2) is 34.3 Å². The van der Waals surface area contributed by atoms with Gasteiger partial charge in [-0.2, -0.15) is 0 Å². The maximum absolute atomic E-state index is 10.4. The second-order valence-corrected chi connectivity index (χ2v) is 6.76. The lowest BCUT2D eigenvalue weighted by molar-refractivity contribution is 0.0514. The molecule has 5 nitrogen and oxygen atoms in total. The van der Waals surface area contributed by atoms with Crippen LogP contribution in [0.3, 0.4) is 0 Å². The quantitative estimate of drug-likeness (QED) is 0.720. The summed E-state index contributed by atoms with van der Waals surface area (Å²) in [4.78, 5) is 9.11. The van der Waals surface area contributed by atoms with E-state index in [9.17, 15) is 5.11 Å². The summed E-state index contributed by atoms with van der Waals surface area (Å²) in [7, 11) is 1.86. The second-order valence-electron chi connectivity index (χ2n) is 6.76. The van der Waals surface area contributed by atoms with Gasteiger partial charge in [0.05, 0.1) is 5.60 Å². The number of rotatable bonds is 7. The largest absolute Gasteiger partial charge is 0.388 e. The van der Waals surface area contributed by atoms with Crippen molar-refractivity contribution < 1.29 is 5.11 Å². The summed E-state index contributed by atoms with van der Waals surface area (Å²) < 4.78 is 0. The minimum atomic E-state index is -0.747. The van der Waals surface area contributed by atoms with Crippen molar-refractivity contribution >= 4 is 11.6 Å². The lowest BCUT2D eigenvalue weighted by atomic mass is 9.94. The summed E-state index contributed by atoms with van der Waals surface area (Å²) in [5, 5.41) is 16.8. The summed E-state index contributed by atoms with van der Waals surface area (Å²) in [5.74, 6) is 3.14. The van der Waals surface area contributed by atoms with Crippen molar-refractivity contribution in [3.8, 4) is 0 Å². The number of nitrogens with one attached hydrogen (secondary N) is 2. The van der Waals surface area contributed by atoms with Crippen LogP contribution in [0.4, 0.5) is 11.6 Å². The van der Waals surface area contributed by atoms with Crippen LogP contribution >= 0.6 is 0 Å². The van der Waals surface area contributed by atoms with E-state index < -0.39 is 5.60 Å². The highest BCUT2D eigenvalue weighted by molar-refractivity contribution is 5.57. The first-order chi connectivity index (χ1) is 9.66. The third-order valence-corrected chi connectivity index (χ3v) is 3.40. The summed E-state index contributed by atoms with van der Waals surface area (Å²) in [5.41, 5.74) is 0.228. The molecule has 0 fully saturated rings. The van der Waals surface area contributed by atoms with Crippen molar-refractivity contribution in [1.29, 1.82) is 0 Å². The van der Waals surface area contributed by atoms with Crippen molar-refractivity contribution in [1.82, 2.24) is 9.97 Å². The Hall–Kier alpha value is -1.36. The molecule has 1 aromatic heterocycles. The van der Waals surface area contributed by atoms with Crippen LogP contribution in [0.25, 0.3) is 0 Å². The fourth-order valence-electron chi connectivity index (χ4n) is 2.43. The van der Waals surface area contributed by atoms with Crippen LogP contribution in [0, 0.1) is 12.8 Å². The van der Waals surface area contributed by atoms with Gasteiger partial charge in [0, 0.05) is 25.1 Å². The number of anilines is 2. The lowest BCUT2D eigenvalue weighted by Gasteiger charge is -2.26. The van der Waals surface area contributed by atoms with Gasteiger partial charge >= 0.3 is 0 Å². The fourth-order valence-corrected chi connectivity index (χ4v) is 2.43.